The molecule has 0 spiro atoms. The number of aromatic nitrogens is 2. The smallest absolute Gasteiger partial charge is 0.253 e. The topological polar surface area (TPSA) is 98.7 Å². The number of pyridine rings is 1. The van der Waals surface area contributed by atoms with Crippen molar-refractivity contribution < 1.29 is 19.1 Å². The van der Waals surface area contributed by atoms with E-state index >= 15 is 0 Å². The van der Waals surface area contributed by atoms with Gasteiger partial charge in [0.2, 0.25) is 5.95 Å². The summed E-state index contributed by atoms with van der Waals surface area (Å²) in [7, 11) is 3.39. The zero-order valence-corrected chi connectivity index (χ0v) is 25.9. The van der Waals surface area contributed by atoms with Crippen LogP contribution in [0.3, 0.4) is 0 Å². The average molecular weight is 604 g/mol. The van der Waals surface area contributed by atoms with Crippen LogP contribution < -0.4 is 10.2 Å². The van der Waals surface area contributed by atoms with E-state index in [0.717, 1.165) is 21.8 Å². The van der Waals surface area contributed by atoms with E-state index in [-0.39, 0.29) is 24.1 Å². The summed E-state index contributed by atoms with van der Waals surface area (Å²) in [5.41, 5.74) is 3.65. The van der Waals surface area contributed by atoms with E-state index in [0.29, 0.717) is 24.1 Å². The maximum Gasteiger partial charge on any atom is 0.253 e. The zero-order chi connectivity index (χ0) is 31.1. The maximum atomic E-state index is 14.7. The summed E-state index contributed by atoms with van der Waals surface area (Å²) < 4.78 is 14.7. The standard InChI is InChI=1S/C33H38FN5O3S/c1-21(2)26-16-28(31(34)35-17-26)38(4)18-29(40)27(14-23-10-7-6-8-11-23)37-32(41)24-12-9-13-25(15-24)33(42)39(5)19-30-36-22(3)20-43-30/h6-13,15-17,20-21,27,29,40H,14,18-19H2,1-5H3,(H,37,41)/t27-,29+/m0/s1. The molecule has 2 heterocycles. The molecular formula is C33H38FN5O3S. The molecule has 0 aliphatic heterocycles. The number of carbonyl (C=O) groups is 2. The molecular weight excluding hydrogens is 565 g/mol. The van der Waals surface area contributed by atoms with Gasteiger partial charge in [0.25, 0.3) is 11.8 Å². The van der Waals surface area contributed by atoms with Gasteiger partial charge in [0, 0.05) is 49.0 Å². The number of nitrogens with one attached hydrogen (secondary N) is 1. The Hall–Kier alpha value is -4.15. The van der Waals surface area contributed by atoms with Crippen molar-refractivity contribution in [1.29, 1.82) is 0 Å². The van der Waals surface area contributed by atoms with Gasteiger partial charge in [-0.3, -0.25) is 9.59 Å². The van der Waals surface area contributed by atoms with E-state index in [1.807, 2.05) is 56.5 Å². The number of aliphatic hydroxyl groups is 1. The Kier molecular flexibility index (Phi) is 10.6. The van der Waals surface area contributed by atoms with E-state index in [1.54, 1.807) is 54.2 Å². The highest BCUT2D eigenvalue weighted by atomic mass is 32.1. The van der Waals surface area contributed by atoms with Gasteiger partial charge >= 0.3 is 0 Å². The minimum atomic E-state index is -1.05. The van der Waals surface area contributed by atoms with Crippen LogP contribution in [0.1, 0.15) is 62.3 Å². The van der Waals surface area contributed by atoms with E-state index in [4.69, 9.17) is 0 Å². The molecule has 0 aliphatic rings. The second-order valence-corrected chi connectivity index (χ2v) is 12.0. The minimum absolute atomic E-state index is 0.0531. The van der Waals surface area contributed by atoms with E-state index in [1.165, 1.54) is 17.5 Å². The fourth-order valence-corrected chi connectivity index (χ4v) is 5.53. The molecule has 10 heteroatoms. The molecule has 4 aromatic rings. The normalized spacial score (nSPS) is 12.6. The molecule has 0 radical (unpaired) electrons. The molecule has 4 rings (SSSR count). The first kappa shape index (κ1) is 31.8. The number of rotatable bonds is 12. The van der Waals surface area contributed by atoms with Gasteiger partial charge in [-0.2, -0.15) is 4.39 Å². The Labute approximate surface area is 256 Å². The summed E-state index contributed by atoms with van der Waals surface area (Å²) in [4.78, 5) is 38.1. The number of aryl methyl sites for hydroxylation is 1. The van der Waals surface area contributed by atoms with Crippen molar-refractivity contribution in [2.45, 2.75) is 51.8 Å². The van der Waals surface area contributed by atoms with Crippen LogP contribution in [0.5, 0.6) is 0 Å². The number of benzene rings is 2. The first-order chi connectivity index (χ1) is 20.5. The second kappa shape index (κ2) is 14.3. The van der Waals surface area contributed by atoms with E-state index in [2.05, 4.69) is 15.3 Å². The third-order valence-corrected chi connectivity index (χ3v) is 8.17. The van der Waals surface area contributed by atoms with Crippen LogP contribution in [0.15, 0.2) is 72.2 Å². The van der Waals surface area contributed by atoms with Gasteiger partial charge in [-0.25, -0.2) is 9.97 Å². The lowest BCUT2D eigenvalue weighted by Gasteiger charge is -2.29. The highest BCUT2D eigenvalue weighted by Gasteiger charge is 2.26. The molecule has 2 aromatic heterocycles. The molecule has 0 aliphatic carbocycles. The number of carbonyl (C=O) groups excluding carboxylic acids is 2. The maximum absolute atomic E-state index is 14.7. The van der Waals surface area contributed by atoms with Crippen LogP contribution in [-0.4, -0.2) is 64.6 Å². The highest BCUT2D eigenvalue weighted by molar-refractivity contribution is 7.09. The molecule has 2 amide bonds. The molecule has 0 unspecified atom stereocenters. The molecule has 2 N–H and O–H groups in total. The molecule has 2 atom stereocenters. The monoisotopic (exact) mass is 603 g/mol. The molecule has 0 bridgehead atoms. The summed E-state index contributed by atoms with van der Waals surface area (Å²) in [6.45, 7) is 6.33. The summed E-state index contributed by atoms with van der Waals surface area (Å²) in [5, 5.41) is 17.1. The van der Waals surface area contributed by atoms with Crippen LogP contribution in [0.4, 0.5) is 10.1 Å². The van der Waals surface area contributed by atoms with E-state index in [9.17, 15) is 19.1 Å². The fraction of sp³-hybridized carbons (Fsp3) is 0.333. The van der Waals surface area contributed by atoms with Crippen LogP contribution in [0.2, 0.25) is 0 Å². The predicted molar refractivity (Wildman–Crippen MR) is 168 cm³/mol. The van der Waals surface area contributed by atoms with Crippen molar-refractivity contribution in [2.24, 2.45) is 0 Å². The van der Waals surface area contributed by atoms with Crippen LogP contribution in [-0.2, 0) is 13.0 Å². The lowest BCUT2D eigenvalue weighted by atomic mass is 9.99. The minimum Gasteiger partial charge on any atom is -0.389 e. The number of aliphatic hydroxyl groups excluding tert-OH is 1. The fourth-order valence-electron chi connectivity index (χ4n) is 4.71. The molecule has 0 fully saturated rings. The Morgan fingerprint density at radius 2 is 1.77 bits per heavy atom. The summed E-state index contributed by atoms with van der Waals surface area (Å²) in [6, 6.07) is 17.1. The van der Waals surface area contributed by atoms with Crippen molar-refractivity contribution >= 4 is 28.8 Å². The number of hydrogen-bond donors (Lipinski definition) is 2. The highest BCUT2D eigenvalue weighted by Crippen LogP contribution is 2.23. The van der Waals surface area contributed by atoms with Crippen molar-refractivity contribution in [1.82, 2.24) is 20.2 Å². The van der Waals surface area contributed by atoms with E-state index < -0.39 is 24.0 Å². The number of thiazole rings is 1. The van der Waals surface area contributed by atoms with Crippen molar-refractivity contribution in [2.75, 3.05) is 25.5 Å². The second-order valence-electron chi connectivity index (χ2n) is 11.1. The van der Waals surface area contributed by atoms with Gasteiger partial charge in [0.1, 0.15) is 5.01 Å². The Bertz CT molecular complexity index is 1540. The van der Waals surface area contributed by atoms with Gasteiger partial charge in [0.05, 0.1) is 24.4 Å². The Morgan fingerprint density at radius 3 is 2.44 bits per heavy atom. The third kappa shape index (κ3) is 8.46. The SMILES string of the molecule is Cc1csc(CN(C)C(=O)c2cccc(C(=O)N[C@@H](Cc3ccccc3)[C@H](O)CN(C)c3cc(C(C)C)cnc3F)c2)n1. The Morgan fingerprint density at radius 1 is 1.05 bits per heavy atom. The quantitative estimate of drug-likeness (QED) is 0.216. The van der Waals surface area contributed by atoms with Gasteiger partial charge in [-0.05, 0) is 54.7 Å². The van der Waals surface area contributed by atoms with Crippen molar-refractivity contribution in [3.63, 3.8) is 0 Å². The van der Waals surface area contributed by atoms with Gasteiger partial charge in [0.15, 0.2) is 0 Å². The summed E-state index contributed by atoms with van der Waals surface area (Å²) in [5.74, 6) is -1.12. The lowest BCUT2D eigenvalue weighted by Crippen LogP contribution is -2.49. The number of anilines is 1. The number of halogens is 1. The van der Waals surface area contributed by atoms with Crippen molar-refractivity contribution in [3.05, 3.63) is 111 Å². The number of likely N-dealkylation sites (N-methyl/N-ethyl adjacent to an activating group) is 1. The molecule has 8 nitrogen and oxygen atoms in total. The molecule has 0 saturated carbocycles. The summed E-state index contributed by atoms with van der Waals surface area (Å²) in [6.07, 6.45) is 0.820. The van der Waals surface area contributed by atoms with Crippen LogP contribution >= 0.6 is 11.3 Å². The summed E-state index contributed by atoms with van der Waals surface area (Å²) >= 11 is 1.49. The van der Waals surface area contributed by atoms with Crippen LogP contribution in [0.25, 0.3) is 0 Å². The van der Waals surface area contributed by atoms with Crippen molar-refractivity contribution in [3.8, 4) is 0 Å². The molecule has 43 heavy (non-hydrogen) atoms. The first-order valence-electron chi connectivity index (χ1n) is 14.2. The number of nitrogens with zero attached hydrogens (tertiary/aromatic N) is 4. The molecule has 2 aromatic carbocycles. The molecule has 0 saturated heterocycles. The molecule has 226 valence electrons. The number of amides is 2. The van der Waals surface area contributed by atoms with Crippen LogP contribution in [0, 0.1) is 12.9 Å². The van der Waals surface area contributed by atoms with Gasteiger partial charge in [-0.15, -0.1) is 11.3 Å². The van der Waals surface area contributed by atoms with Gasteiger partial charge < -0.3 is 20.2 Å². The average Bonchev–Trinajstić information content (AvgIpc) is 3.40. The lowest BCUT2D eigenvalue weighted by molar-refractivity contribution is 0.0784. The predicted octanol–water partition coefficient (Wildman–Crippen LogP) is 5.22. The van der Waals surface area contributed by atoms with Gasteiger partial charge in [-0.1, -0.05) is 50.2 Å². The number of hydrogen-bond acceptors (Lipinski definition) is 7. The first-order valence-corrected chi connectivity index (χ1v) is 15.1. The largest absolute Gasteiger partial charge is 0.389 e. The third-order valence-electron chi connectivity index (χ3n) is 7.22. The Balaban J connectivity index is 1.51. The zero-order valence-electron chi connectivity index (χ0n) is 25.1.